The third-order valence-electron chi connectivity index (χ3n) is 0.954. The first kappa shape index (κ1) is 11.4. The molecule has 0 spiro atoms. The molecule has 0 bridgehead atoms. The molecule has 0 aliphatic carbocycles. The molecular weight excluding hydrogens is 215 g/mol. The second kappa shape index (κ2) is 5.15. The van der Waals surface area contributed by atoms with E-state index < -0.39 is 24.1 Å². The zero-order valence-corrected chi connectivity index (χ0v) is 6.95. The van der Waals surface area contributed by atoms with Crippen molar-refractivity contribution in [3.8, 4) is 0 Å². The third kappa shape index (κ3) is 2.82. The van der Waals surface area contributed by atoms with Crippen LogP contribution >= 0.6 is 23.7 Å². The molecule has 0 saturated heterocycles. The Bertz CT molecular complexity index is 162. The molecule has 70 valence electrons. The van der Waals surface area contributed by atoms with Gasteiger partial charge in [0.15, 0.2) is 0 Å². The van der Waals surface area contributed by atoms with Gasteiger partial charge in [0.25, 0.3) is 0 Å². The van der Waals surface area contributed by atoms with Crippen LogP contribution in [0, 0.1) is 0 Å². The van der Waals surface area contributed by atoms with Gasteiger partial charge in [0.2, 0.25) is 12.2 Å². The van der Waals surface area contributed by atoms with Crippen molar-refractivity contribution in [1.29, 1.82) is 0 Å². The number of rotatable bonds is 5. The zero-order chi connectivity index (χ0) is 9.72. The number of aliphatic carboxylic acids is 2. The summed E-state index contributed by atoms with van der Waals surface area (Å²) in [5, 5.41) is 16.6. The number of carbonyl (C=O) groups is 2. The van der Waals surface area contributed by atoms with Gasteiger partial charge in [-0.2, -0.15) is 0 Å². The van der Waals surface area contributed by atoms with Gasteiger partial charge < -0.3 is 10.2 Å². The zero-order valence-electron chi connectivity index (χ0n) is 5.44. The van der Waals surface area contributed by atoms with Crippen molar-refractivity contribution in [2.75, 3.05) is 0 Å². The Morgan fingerprint density at radius 1 is 1.00 bits per heavy atom. The number of carboxylic acid groups (broad SMARTS) is 2. The minimum Gasteiger partial charge on any atom is -0.479 e. The molecule has 8 heteroatoms. The maximum Gasteiger partial charge on any atom is 0.338 e. The van der Waals surface area contributed by atoms with Crippen LogP contribution in [0.15, 0.2) is 0 Å². The fourth-order valence-electron chi connectivity index (χ4n) is 0.429. The Labute approximate surface area is 76.9 Å². The molecule has 2 atom stereocenters. The summed E-state index contributed by atoms with van der Waals surface area (Å²) in [5.41, 5.74) is 0. The largest absolute Gasteiger partial charge is 0.479 e. The molecule has 0 aliphatic heterocycles. The molecule has 2 unspecified atom stereocenters. The maximum atomic E-state index is 10.2. The molecule has 0 aliphatic rings. The molecule has 6 nitrogen and oxygen atoms in total. The lowest BCUT2D eigenvalue weighted by Gasteiger charge is -2.12. The van der Waals surface area contributed by atoms with E-state index in [-0.39, 0.29) is 0 Å². The van der Waals surface area contributed by atoms with Crippen LogP contribution in [-0.2, 0) is 18.2 Å². The smallest absolute Gasteiger partial charge is 0.338 e. The average Bonchev–Trinajstić information content (AvgIpc) is 1.98. The van der Waals surface area contributed by atoms with Gasteiger partial charge in [-0.25, -0.2) is 9.59 Å². The van der Waals surface area contributed by atoms with E-state index in [4.69, 9.17) is 33.9 Å². The highest BCUT2D eigenvalue weighted by Gasteiger charge is 2.36. The van der Waals surface area contributed by atoms with Crippen LogP contribution in [0.5, 0.6) is 0 Å². The van der Waals surface area contributed by atoms with Crippen molar-refractivity contribution < 1.29 is 28.4 Å². The molecule has 12 heavy (non-hydrogen) atoms. The van der Waals surface area contributed by atoms with Crippen LogP contribution < -0.4 is 0 Å². The molecule has 0 aromatic heterocycles. The molecule has 0 aromatic rings. The first-order valence-corrected chi connectivity index (χ1v) is 3.16. The fraction of sp³-hybridized carbons (Fsp3) is 0.500. The highest BCUT2D eigenvalue weighted by Crippen LogP contribution is 2.09. The lowest BCUT2D eigenvalue weighted by atomic mass is 10.2. The molecule has 0 radical (unpaired) electrons. The lowest BCUT2D eigenvalue weighted by Crippen LogP contribution is -2.40. The van der Waals surface area contributed by atoms with Crippen molar-refractivity contribution in [3.63, 3.8) is 0 Å². The van der Waals surface area contributed by atoms with E-state index in [0.717, 1.165) is 0 Å². The van der Waals surface area contributed by atoms with E-state index >= 15 is 0 Å². The molecule has 2 N–H and O–H groups in total. The minimum atomic E-state index is -1.85. The number of halogens is 2. The van der Waals surface area contributed by atoms with E-state index in [1.807, 2.05) is 0 Å². The Kier molecular flexibility index (Phi) is 4.91. The molecule has 0 saturated carbocycles. The van der Waals surface area contributed by atoms with Crippen molar-refractivity contribution in [2.24, 2.45) is 0 Å². The minimum absolute atomic E-state index is 1.59. The van der Waals surface area contributed by atoms with Crippen LogP contribution in [0.3, 0.4) is 0 Å². The topological polar surface area (TPSA) is 93.1 Å². The van der Waals surface area contributed by atoms with Crippen molar-refractivity contribution in [3.05, 3.63) is 0 Å². The summed E-state index contributed by atoms with van der Waals surface area (Å²) in [6.07, 6.45) is -3.69. The van der Waals surface area contributed by atoms with E-state index in [9.17, 15) is 9.59 Å². The van der Waals surface area contributed by atoms with Gasteiger partial charge in [-0.15, -0.1) is 0 Å². The van der Waals surface area contributed by atoms with Crippen molar-refractivity contribution in [1.82, 2.24) is 0 Å². The molecule has 0 aromatic carbocycles. The summed E-state index contributed by atoms with van der Waals surface area (Å²) >= 11 is 9.39. The third-order valence-corrected chi connectivity index (χ3v) is 1.34. The summed E-state index contributed by atoms with van der Waals surface area (Å²) in [6.45, 7) is 0. The number of hydrogen-bond acceptors (Lipinski definition) is 4. The standard InChI is InChI=1S/C4H4Cl2O6/c5-11-1(3(7)8)2(12-6)4(9)10/h1-2H,(H,7,8)(H,9,10). The first-order chi connectivity index (χ1) is 5.54. The molecule has 0 rings (SSSR count). The molecule has 0 amide bonds. The quantitative estimate of drug-likeness (QED) is 0.687. The monoisotopic (exact) mass is 218 g/mol. The van der Waals surface area contributed by atoms with Gasteiger partial charge in [0, 0.05) is 0 Å². The van der Waals surface area contributed by atoms with Crippen LogP contribution in [0.2, 0.25) is 0 Å². The van der Waals surface area contributed by atoms with Crippen molar-refractivity contribution >= 4 is 35.7 Å². The van der Waals surface area contributed by atoms with Gasteiger partial charge >= 0.3 is 11.9 Å². The summed E-state index contributed by atoms with van der Waals surface area (Å²) in [7, 11) is 0. The van der Waals surface area contributed by atoms with E-state index in [1.54, 1.807) is 0 Å². The van der Waals surface area contributed by atoms with Gasteiger partial charge in [-0.1, -0.05) is 0 Å². The fourth-order valence-corrected chi connectivity index (χ4v) is 0.768. The Morgan fingerprint density at radius 2 is 1.25 bits per heavy atom. The first-order valence-electron chi connectivity index (χ1n) is 2.55. The SMILES string of the molecule is O=C(O)C(OCl)C(OCl)C(=O)O. The van der Waals surface area contributed by atoms with E-state index in [2.05, 4.69) is 8.58 Å². The van der Waals surface area contributed by atoms with Crippen LogP contribution in [0.1, 0.15) is 0 Å². The highest BCUT2D eigenvalue weighted by atomic mass is 35.5. The summed E-state index contributed by atoms with van der Waals surface area (Å²) in [4.78, 5) is 20.4. The molecule has 0 heterocycles. The maximum absolute atomic E-state index is 10.2. The van der Waals surface area contributed by atoms with Gasteiger partial charge in [0.1, 0.15) is 0 Å². The van der Waals surface area contributed by atoms with Crippen molar-refractivity contribution in [2.45, 2.75) is 12.2 Å². The van der Waals surface area contributed by atoms with Crippen LogP contribution in [-0.4, -0.2) is 34.4 Å². The summed E-state index contributed by atoms with van der Waals surface area (Å²) < 4.78 is 7.62. The highest BCUT2D eigenvalue weighted by molar-refractivity contribution is 6.10. The lowest BCUT2D eigenvalue weighted by molar-refractivity contribution is -0.161. The van der Waals surface area contributed by atoms with Gasteiger partial charge in [-0.3, -0.25) is 8.58 Å². The Hall–Kier alpha value is -0.560. The summed E-state index contributed by atoms with van der Waals surface area (Å²) in [6, 6.07) is 0. The Morgan fingerprint density at radius 3 is 1.33 bits per heavy atom. The Balaban J connectivity index is 4.44. The van der Waals surface area contributed by atoms with Gasteiger partial charge in [0.05, 0.1) is 23.7 Å². The predicted molar refractivity (Wildman–Crippen MR) is 36.7 cm³/mol. The second-order valence-electron chi connectivity index (χ2n) is 1.70. The predicted octanol–water partition coefficient (Wildman–Crippen LogP) is 0.234. The van der Waals surface area contributed by atoms with Gasteiger partial charge in [-0.05, 0) is 0 Å². The second-order valence-corrected chi connectivity index (χ2v) is 2.05. The van der Waals surface area contributed by atoms with Crippen LogP contribution in [0.25, 0.3) is 0 Å². The summed E-state index contributed by atoms with van der Waals surface area (Å²) in [5.74, 6) is -3.17. The van der Waals surface area contributed by atoms with E-state index in [1.165, 1.54) is 0 Å². The average molecular weight is 219 g/mol. The number of carboxylic acids is 2. The molecule has 0 fully saturated rings. The van der Waals surface area contributed by atoms with Crippen LogP contribution in [0.4, 0.5) is 0 Å². The van der Waals surface area contributed by atoms with E-state index in [0.29, 0.717) is 0 Å². The number of hydrogen-bond donors (Lipinski definition) is 2. The molecular formula is C4H4Cl2O6. The normalized spacial score (nSPS) is 15.2.